The number of carbonyl (C=O) groups is 1. The van der Waals surface area contributed by atoms with Gasteiger partial charge in [0, 0.05) is 17.0 Å². The largest absolute Gasteiger partial charge is 0.496 e. The molecule has 0 saturated carbocycles. The van der Waals surface area contributed by atoms with Crippen LogP contribution in [-0.4, -0.2) is 26.7 Å². The highest BCUT2D eigenvalue weighted by atomic mass is 35.5. The second-order valence-electron chi connectivity index (χ2n) is 6.11. The average Bonchev–Trinajstić information content (AvgIpc) is 2.59. The molecule has 0 spiro atoms. The minimum absolute atomic E-state index is 0.237. The van der Waals surface area contributed by atoms with E-state index in [9.17, 15) is 4.79 Å². The van der Waals surface area contributed by atoms with Crippen LogP contribution in [0.25, 0.3) is 0 Å². The summed E-state index contributed by atoms with van der Waals surface area (Å²) in [7, 11) is 3.06. The summed E-state index contributed by atoms with van der Waals surface area (Å²) in [6, 6.07) is 12.9. The van der Waals surface area contributed by atoms with E-state index in [1.807, 2.05) is 24.3 Å². The molecule has 0 atom stereocenters. The van der Waals surface area contributed by atoms with Crippen molar-refractivity contribution >= 4 is 17.5 Å². The molecular formula is C19H22ClNO3. The molecule has 0 bridgehead atoms. The van der Waals surface area contributed by atoms with E-state index in [1.54, 1.807) is 18.2 Å². The number of hydrogen-bond acceptors (Lipinski definition) is 3. The van der Waals surface area contributed by atoms with Crippen molar-refractivity contribution in [3.8, 4) is 11.5 Å². The number of amides is 1. The fourth-order valence-corrected chi connectivity index (χ4v) is 2.67. The average molecular weight is 348 g/mol. The summed E-state index contributed by atoms with van der Waals surface area (Å²) in [4.78, 5) is 12.7. The maximum Gasteiger partial charge on any atom is 0.258 e. The highest BCUT2D eigenvalue weighted by Gasteiger charge is 2.24. The maximum atomic E-state index is 12.7. The van der Waals surface area contributed by atoms with E-state index in [1.165, 1.54) is 14.2 Å². The van der Waals surface area contributed by atoms with Gasteiger partial charge in [0.15, 0.2) is 0 Å². The molecule has 2 aromatic carbocycles. The zero-order valence-electron chi connectivity index (χ0n) is 14.4. The van der Waals surface area contributed by atoms with Gasteiger partial charge in [-0.2, -0.15) is 0 Å². The van der Waals surface area contributed by atoms with Crippen molar-refractivity contribution in [1.82, 2.24) is 5.32 Å². The smallest absolute Gasteiger partial charge is 0.258 e. The number of nitrogens with one attached hydrogen (secondary N) is 1. The molecule has 2 rings (SSSR count). The second-order valence-corrected chi connectivity index (χ2v) is 6.55. The van der Waals surface area contributed by atoms with Crippen molar-refractivity contribution in [2.45, 2.75) is 19.3 Å². The van der Waals surface area contributed by atoms with Gasteiger partial charge in [0.1, 0.15) is 17.1 Å². The maximum absolute atomic E-state index is 12.7. The molecule has 128 valence electrons. The number of methoxy groups -OCH3 is 2. The molecule has 0 saturated heterocycles. The Hall–Kier alpha value is -2.20. The molecule has 0 aromatic heterocycles. The first-order valence-corrected chi connectivity index (χ1v) is 8.02. The minimum atomic E-state index is -0.268. The Balaban J connectivity index is 2.19. The first-order valence-electron chi connectivity index (χ1n) is 7.64. The van der Waals surface area contributed by atoms with Gasteiger partial charge in [0.05, 0.1) is 14.2 Å². The Labute approximate surface area is 147 Å². The van der Waals surface area contributed by atoms with Crippen molar-refractivity contribution < 1.29 is 14.3 Å². The Morgan fingerprint density at radius 1 is 1.08 bits per heavy atom. The number of hydrogen-bond donors (Lipinski definition) is 1. The molecule has 0 radical (unpaired) electrons. The summed E-state index contributed by atoms with van der Waals surface area (Å²) in [5.74, 6) is 0.722. The van der Waals surface area contributed by atoms with Gasteiger partial charge in [0.25, 0.3) is 5.91 Å². The lowest BCUT2D eigenvalue weighted by atomic mass is 9.84. The molecule has 0 heterocycles. The van der Waals surface area contributed by atoms with Crippen LogP contribution in [-0.2, 0) is 5.41 Å². The van der Waals surface area contributed by atoms with Gasteiger partial charge in [-0.3, -0.25) is 4.79 Å². The van der Waals surface area contributed by atoms with Crippen molar-refractivity contribution in [3.05, 3.63) is 58.6 Å². The fourth-order valence-electron chi connectivity index (χ4n) is 2.48. The van der Waals surface area contributed by atoms with Crippen LogP contribution in [0.2, 0.25) is 5.02 Å². The molecule has 0 aliphatic carbocycles. The van der Waals surface area contributed by atoms with Gasteiger partial charge in [-0.05, 0) is 29.8 Å². The summed E-state index contributed by atoms with van der Waals surface area (Å²) in [6.07, 6.45) is 0. The SMILES string of the molecule is COc1cccc(OC)c1C(=O)NCC(C)(C)c1cccc(Cl)c1. The third-order valence-corrected chi connectivity index (χ3v) is 4.19. The predicted molar refractivity (Wildman–Crippen MR) is 96.4 cm³/mol. The van der Waals surface area contributed by atoms with Crippen LogP contribution in [0.3, 0.4) is 0 Å². The molecule has 4 nitrogen and oxygen atoms in total. The van der Waals surface area contributed by atoms with Crippen molar-refractivity contribution in [2.24, 2.45) is 0 Å². The van der Waals surface area contributed by atoms with E-state index in [4.69, 9.17) is 21.1 Å². The molecule has 0 aliphatic heterocycles. The van der Waals surface area contributed by atoms with Crippen LogP contribution in [0.15, 0.2) is 42.5 Å². The number of carbonyl (C=O) groups excluding carboxylic acids is 1. The Bertz CT molecular complexity index is 706. The van der Waals surface area contributed by atoms with Crippen molar-refractivity contribution in [3.63, 3.8) is 0 Å². The Morgan fingerprint density at radius 2 is 1.67 bits per heavy atom. The number of rotatable bonds is 6. The van der Waals surface area contributed by atoms with Crippen LogP contribution < -0.4 is 14.8 Å². The first kappa shape index (κ1) is 18.1. The summed E-state index contributed by atoms with van der Waals surface area (Å²) < 4.78 is 10.6. The normalized spacial score (nSPS) is 11.0. The summed E-state index contributed by atoms with van der Waals surface area (Å²) in [5, 5.41) is 3.64. The molecule has 5 heteroatoms. The molecule has 0 aliphatic rings. The van der Waals surface area contributed by atoms with Crippen LogP contribution in [0.4, 0.5) is 0 Å². The van der Waals surface area contributed by atoms with E-state index < -0.39 is 0 Å². The summed E-state index contributed by atoms with van der Waals surface area (Å²) >= 11 is 6.07. The lowest BCUT2D eigenvalue weighted by molar-refractivity contribution is 0.0939. The Morgan fingerprint density at radius 3 is 2.21 bits per heavy atom. The molecule has 1 N–H and O–H groups in total. The third-order valence-electron chi connectivity index (χ3n) is 3.95. The zero-order valence-corrected chi connectivity index (χ0v) is 15.1. The topological polar surface area (TPSA) is 47.6 Å². The van der Waals surface area contributed by atoms with Gasteiger partial charge in [0.2, 0.25) is 0 Å². The lowest BCUT2D eigenvalue weighted by Gasteiger charge is -2.26. The number of benzene rings is 2. The highest BCUT2D eigenvalue weighted by molar-refractivity contribution is 6.30. The van der Waals surface area contributed by atoms with Crippen LogP contribution in [0.1, 0.15) is 29.8 Å². The third kappa shape index (κ3) is 4.01. The van der Waals surface area contributed by atoms with Gasteiger partial charge in [-0.15, -0.1) is 0 Å². The molecule has 24 heavy (non-hydrogen) atoms. The molecule has 2 aromatic rings. The van der Waals surface area contributed by atoms with E-state index in [-0.39, 0.29) is 11.3 Å². The van der Waals surface area contributed by atoms with Crippen molar-refractivity contribution in [1.29, 1.82) is 0 Å². The van der Waals surface area contributed by atoms with E-state index >= 15 is 0 Å². The highest BCUT2D eigenvalue weighted by Crippen LogP contribution is 2.29. The molecular weight excluding hydrogens is 326 g/mol. The van der Waals surface area contributed by atoms with Gasteiger partial charge in [-0.1, -0.05) is 43.6 Å². The van der Waals surface area contributed by atoms with E-state index in [0.29, 0.717) is 28.6 Å². The minimum Gasteiger partial charge on any atom is -0.496 e. The van der Waals surface area contributed by atoms with Crippen LogP contribution >= 0.6 is 11.6 Å². The standard InChI is InChI=1S/C19H22ClNO3/c1-19(2,13-7-5-8-14(20)11-13)12-21-18(22)17-15(23-3)9-6-10-16(17)24-4/h5-11H,12H2,1-4H3,(H,21,22). The van der Waals surface area contributed by atoms with Crippen molar-refractivity contribution in [2.75, 3.05) is 20.8 Å². The molecule has 0 unspecified atom stereocenters. The molecule has 1 amide bonds. The van der Waals surface area contributed by atoms with E-state index in [2.05, 4.69) is 19.2 Å². The summed E-state index contributed by atoms with van der Waals surface area (Å²) in [6.45, 7) is 4.56. The van der Waals surface area contributed by atoms with Gasteiger partial charge < -0.3 is 14.8 Å². The first-order chi connectivity index (χ1) is 11.4. The second kappa shape index (κ2) is 7.58. The zero-order chi connectivity index (χ0) is 17.7. The van der Waals surface area contributed by atoms with Gasteiger partial charge in [-0.25, -0.2) is 0 Å². The fraction of sp³-hybridized carbons (Fsp3) is 0.316. The number of halogens is 1. The van der Waals surface area contributed by atoms with E-state index in [0.717, 1.165) is 5.56 Å². The monoisotopic (exact) mass is 347 g/mol. The van der Waals surface area contributed by atoms with Crippen LogP contribution in [0.5, 0.6) is 11.5 Å². The lowest BCUT2D eigenvalue weighted by Crippen LogP contribution is -2.37. The molecule has 0 fully saturated rings. The Kier molecular flexibility index (Phi) is 5.73. The predicted octanol–water partition coefficient (Wildman–Crippen LogP) is 4.06. The summed E-state index contributed by atoms with van der Waals surface area (Å²) in [5.41, 5.74) is 1.18. The number of ether oxygens (including phenoxy) is 2. The van der Waals surface area contributed by atoms with Crippen LogP contribution in [0, 0.1) is 0 Å². The quantitative estimate of drug-likeness (QED) is 0.857. The van der Waals surface area contributed by atoms with Gasteiger partial charge >= 0.3 is 0 Å².